The third-order valence-corrected chi connectivity index (χ3v) is 6.98. The van der Waals surface area contributed by atoms with E-state index in [2.05, 4.69) is 26.6 Å². The van der Waals surface area contributed by atoms with Crippen molar-refractivity contribution in [2.24, 2.45) is 0 Å². The third kappa shape index (κ3) is 7.12. The summed E-state index contributed by atoms with van der Waals surface area (Å²) < 4.78 is 59.9. The Morgan fingerprint density at radius 2 is 1.88 bits per heavy atom. The average Bonchev–Trinajstić information content (AvgIpc) is 3.53. The van der Waals surface area contributed by atoms with Crippen molar-refractivity contribution in [3.05, 3.63) is 84.0 Å². The lowest BCUT2D eigenvalue weighted by Crippen LogP contribution is -2.23. The maximum Gasteiger partial charge on any atom is 0.573 e. The van der Waals surface area contributed by atoms with Crippen LogP contribution < -0.4 is 4.74 Å². The topological polar surface area (TPSA) is 141 Å². The number of unbranched alkanes of at least 4 members (excludes halogenated alkanes) is 1. The van der Waals surface area contributed by atoms with Crippen molar-refractivity contribution in [1.29, 1.82) is 0 Å². The summed E-state index contributed by atoms with van der Waals surface area (Å²) in [6, 6.07) is 11.8. The van der Waals surface area contributed by atoms with Gasteiger partial charge < -0.3 is 28.7 Å². The van der Waals surface area contributed by atoms with Gasteiger partial charge in [-0.15, -0.1) is 13.2 Å². The molecule has 1 unspecified atom stereocenters. The number of halogens is 3. The highest BCUT2D eigenvalue weighted by atomic mass is 19.4. The van der Waals surface area contributed by atoms with Crippen LogP contribution in [0.3, 0.4) is 0 Å². The number of benzene rings is 2. The molecule has 226 valence electrons. The molecule has 1 saturated carbocycles. The van der Waals surface area contributed by atoms with Gasteiger partial charge in [-0.05, 0) is 56.4 Å². The van der Waals surface area contributed by atoms with E-state index in [1.165, 1.54) is 36.4 Å². The van der Waals surface area contributed by atoms with Gasteiger partial charge in [0.25, 0.3) is 5.89 Å². The van der Waals surface area contributed by atoms with E-state index in [1.54, 1.807) is 18.2 Å². The zero-order valence-corrected chi connectivity index (χ0v) is 22.8. The lowest BCUT2D eigenvalue weighted by atomic mass is 9.96. The standard InChI is InChI=1S/C30H28F3N3O7/c1-2-29(39,28-34-26(36-43-28)19-8-7-9-20(16-19)27(37)38)14-5-6-15-40-17-22-24(35-42-25(22)18-12-13-18)21-10-3-4-11-23(21)41-30(31,32)33/h2-4,7-11,16,18,39H,1,5-6,12-15,17H2,(H,37,38). The Morgan fingerprint density at radius 1 is 1.09 bits per heavy atom. The molecule has 1 fully saturated rings. The lowest BCUT2D eigenvalue weighted by Gasteiger charge is -2.19. The van der Waals surface area contributed by atoms with Crippen molar-refractivity contribution in [1.82, 2.24) is 15.3 Å². The smallest absolute Gasteiger partial charge is 0.478 e. The van der Waals surface area contributed by atoms with Gasteiger partial charge in [0.2, 0.25) is 5.82 Å². The number of hydrogen-bond donors (Lipinski definition) is 2. The predicted octanol–water partition coefficient (Wildman–Crippen LogP) is 6.63. The van der Waals surface area contributed by atoms with E-state index in [1.807, 2.05) is 0 Å². The Bertz CT molecular complexity index is 1600. The molecule has 0 radical (unpaired) electrons. The molecule has 0 saturated heterocycles. The first-order chi connectivity index (χ1) is 20.6. The predicted molar refractivity (Wildman–Crippen MR) is 145 cm³/mol. The van der Waals surface area contributed by atoms with Crippen LogP contribution in [0.15, 0.2) is 70.2 Å². The normalized spacial score (nSPS) is 14.8. The van der Waals surface area contributed by atoms with Gasteiger partial charge in [0.05, 0.1) is 12.2 Å². The minimum absolute atomic E-state index is 0.0595. The van der Waals surface area contributed by atoms with Crippen LogP contribution in [-0.2, 0) is 16.9 Å². The van der Waals surface area contributed by atoms with Crippen LogP contribution in [0, 0.1) is 0 Å². The van der Waals surface area contributed by atoms with E-state index < -0.39 is 17.9 Å². The first-order valence-electron chi connectivity index (χ1n) is 13.5. The molecule has 0 bridgehead atoms. The van der Waals surface area contributed by atoms with Gasteiger partial charge in [0, 0.05) is 29.2 Å². The van der Waals surface area contributed by atoms with Crippen LogP contribution in [-0.4, -0.2) is 44.4 Å². The van der Waals surface area contributed by atoms with Crippen LogP contribution in [0.2, 0.25) is 0 Å². The maximum absolute atomic E-state index is 13.0. The number of para-hydroxylation sites is 1. The van der Waals surface area contributed by atoms with Crippen LogP contribution >= 0.6 is 0 Å². The van der Waals surface area contributed by atoms with E-state index in [9.17, 15) is 28.2 Å². The zero-order chi connectivity index (χ0) is 30.6. The van der Waals surface area contributed by atoms with E-state index in [0.717, 1.165) is 12.8 Å². The monoisotopic (exact) mass is 599 g/mol. The Kier molecular flexibility index (Phi) is 8.64. The number of nitrogens with zero attached hydrogens (tertiary/aromatic N) is 3. The van der Waals surface area contributed by atoms with Crippen LogP contribution in [0.1, 0.15) is 65.6 Å². The highest BCUT2D eigenvalue weighted by molar-refractivity contribution is 5.89. The van der Waals surface area contributed by atoms with Crippen LogP contribution in [0.4, 0.5) is 13.2 Å². The minimum atomic E-state index is -4.86. The number of aliphatic hydroxyl groups is 1. The summed E-state index contributed by atoms with van der Waals surface area (Å²) in [6.45, 7) is 4.04. The fraction of sp³-hybridized carbons (Fsp3) is 0.333. The molecule has 5 rings (SSSR count). The molecule has 4 aromatic rings. The van der Waals surface area contributed by atoms with Gasteiger partial charge in [-0.25, -0.2) is 4.79 Å². The molecule has 2 aromatic carbocycles. The Morgan fingerprint density at radius 3 is 2.60 bits per heavy atom. The molecule has 0 amide bonds. The summed E-state index contributed by atoms with van der Waals surface area (Å²) in [4.78, 5) is 15.5. The molecule has 0 spiro atoms. The van der Waals surface area contributed by atoms with Gasteiger partial charge in [0.1, 0.15) is 17.2 Å². The largest absolute Gasteiger partial charge is 0.573 e. The molecule has 10 nitrogen and oxygen atoms in total. The Balaban J connectivity index is 1.20. The number of rotatable bonds is 14. The summed E-state index contributed by atoms with van der Waals surface area (Å²) in [5, 5.41) is 28.3. The van der Waals surface area contributed by atoms with Gasteiger partial charge in [0.15, 0.2) is 5.60 Å². The highest BCUT2D eigenvalue weighted by Gasteiger charge is 2.36. The molecule has 2 N–H and O–H groups in total. The van der Waals surface area contributed by atoms with E-state index in [4.69, 9.17) is 13.8 Å². The van der Waals surface area contributed by atoms with Gasteiger partial charge >= 0.3 is 12.3 Å². The van der Waals surface area contributed by atoms with Gasteiger partial charge in [-0.3, -0.25) is 0 Å². The number of carboxylic acid groups (broad SMARTS) is 1. The van der Waals surface area contributed by atoms with Crippen molar-refractivity contribution in [2.45, 2.75) is 56.6 Å². The molecule has 1 aliphatic carbocycles. The molecule has 1 aliphatic rings. The molecule has 43 heavy (non-hydrogen) atoms. The number of carboxylic acids is 1. The van der Waals surface area contributed by atoms with Crippen molar-refractivity contribution < 1.29 is 46.7 Å². The number of aromatic nitrogens is 3. The third-order valence-electron chi connectivity index (χ3n) is 6.98. The van der Waals surface area contributed by atoms with Crippen molar-refractivity contribution >= 4 is 5.97 Å². The summed E-state index contributed by atoms with van der Waals surface area (Å²) in [5.41, 5.74) is -0.180. The molecular formula is C30H28F3N3O7. The van der Waals surface area contributed by atoms with Gasteiger partial charge in [-0.2, -0.15) is 4.98 Å². The van der Waals surface area contributed by atoms with E-state index in [-0.39, 0.29) is 59.8 Å². The summed E-state index contributed by atoms with van der Waals surface area (Å²) in [7, 11) is 0. The molecule has 2 aromatic heterocycles. The number of ether oxygens (including phenoxy) is 2. The van der Waals surface area contributed by atoms with Gasteiger partial charge in [-0.1, -0.05) is 47.2 Å². The average molecular weight is 600 g/mol. The Hall–Kier alpha value is -4.49. The van der Waals surface area contributed by atoms with E-state index >= 15 is 0 Å². The number of carbonyl (C=O) groups is 1. The molecule has 1 atom stereocenters. The molecule has 0 aliphatic heterocycles. The second-order valence-corrected chi connectivity index (χ2v) is 10.1. The first kappa shape index (κ1) is 30.0. The minimum Gasteiger partial charge on any atom is -0.478 e. The van der Waals surface area contributed by atoms with Crippen molar-refractivity contribution in [3.63, 3.8) is 0 Å². The highest BCUT2D eigenvalue weighted by Crippen LogP contribution is 2.45. The second kappa shape index (κ2) is 12.4. The van der Waals surface area contributed by atoms with Crippen LogP contribution in [0.5, 0.6) is 5.75 Å². The summed E-state index contributed by atoms with van der Waals surface area (Å²) in [5.74, 6) is -0.695. The number of aromatic carboxylic acids is 1. The zero-order valence-electron chi connectivity index (χ0n) is 22.8. The molecule has 2 heterocycles. The first-order valence-corrected chi connectivity index (χ1v) is 13.5. The SMILES string of the molecule is C=CC(O)(CCCCOCc1c(-c2ccccc2OC(F)(F)F)noc1C1CC1)c1nc(-c2cccc(C(=O)O)c2)no1. The molecular weight excluding hydrogens is 571 g/mol. The fourth-order valence-electron chi connectivity index (χ4n) is 4.59. The number of alkyl halides is 3. The lowest BCUT2D eigenvalue weighted by molar-refractivity contribution is -0.274. The fourth-order valence-corrected chi connectivity index (χ4v) is 4.59. The van der Waals surface area contributed by atoms with Crippen molar-refractivity contribution in [2.75, 3.05) is 6.61 Å². The molecule has 13 heteroatoms. The summed E-state index contributed by atoms with van der Waals surface area (Å²) >= 11 is 0. The number of hydrogen-bond acceptors (Lipinski definition) is 9. The van der Waals surface area contributed by atoms with Crippen LogP contribution in [0.25, 0.3) is 22.6 Å². The maximum atomic E-state index is 13.0. The quantitative estimate of drug-likeness (QED) is 0.120. The van der Waals surface area contributed by atoms with E-state index in [0.29, 0.717) is 29.7 Å². The Labute approximate surface area is 243 Å². The van der Waals surface area contributed by atoms with Crippen molar-refractivity contribution in [3.8, 4) is 28.4 Å². The second-order valence-electron chi connectivity index (χ2n) is 10.1. The summed E-state index contributed by atoms with van der Waals surface area (Å²) in [6.07, 6.45) is -0.601.